The van der Waals surface area contributed by atoms with E-state index in [1.165, 1.54) is 6.08 Å². The van der Waals surface area contributed by atoms with Gasteiger partial charge in [0.2, 0.25) is 5.91 Å². The lowest BCUT2D eigenvalue weighted by Crippen LogP contribution is -2.32. The third kappa shape index (κ3) is 3.20. The van der Waals surface area contributed by atoms with Gasteiger partial charge in [0, 0.05) is 19.2 Å². The van der Waals surface area contributed by atoms with Crippen LogP contribution in [-0.4, -0.2) is 34.6 Å². The molecule has 0 bridgehead atoms. The topological polar surface area (TPSA) is 53.7 Å². The van der Waals surface area contributed by atoms with Gasteiger partial charge in [0.1, 0.15) is 5.76 Å². The maximum Gasteiger partial charge on any atom is 0.246 e. The maximum absolute atomic E-state index is 11.8. The molecular weight excluding hydrogens is 286 g/mol. The second kappa shape index (κ2) is 4.66. The first-order valence-corrected chi connectivity index (χ1v) is 6.20. The maximum atomic E-state index is 11.8. The second-order valence-corrected chi connectivity index (χ2v) is 5.26. The molecule has 5 heteroatoms. The number of nitrogens with zero attached hydrogens (tertiary/aromatic N) is 1. The molecule has 2 rings (SSSR count). The zero-order valence-electron chi connectivity index (χ0n) is 9.52. The van der Waals surface area contributed by atoms with Gasteiger partial charge in [-0.1, -0.05) is 0 Å². The highest BCUT2D eigenvalue weighted by Crippen LogP contribution is 2.21. The Bertz CT molecular complexity index is 450. The molecule has 0 saturated carbocycles. The molecule has 1 amide bonds. The first-order chi connectivity index (χ1) is 7.96. The van der Waals surface area contributed by atoms with Crippen LogP contribution in [0.1, 0.15) is 19.1 Å². The van der Waals surface area contributed by atoms with Crippen molar-refractivity contribution < 1.29 is 14.3 Å². The quantitative estimate of drug-likeness (QED) is 0.850. The van der Waals surface area contributed by atoms with Gasteiger partial charge < -0.3 is 14.4 Å². The number of halogens is 1. The molecule has 1 aliphatic heterocycles. The van der Waals surface area contributed by atoms with E-state index in [2.05, 4.69) is 15.9 Å². The zero-order valence-corrected chi connectivity index (χ0v) is 11.1. The van der Waals surface area contributed by atoms with Crippen molar-refractivity contribution in [2.75, 3.05) is 13.1 Å². The molecule has 1 atom stereocenters. The summed E-state index contributed by atoms with van der Waals surface area (Å²) in [4.78, 5) is 13.4. The van der Waals surface area contributed by atoms with Crippen molar-refractivity contribution >= 4 is 27.9 Å². The number of aliphatic hydroxyl groups is 1. The molecule has 1 unspecified atom stereocenters. The summed E-state index contributed by atoms with van der Waals surface area (Å²) in [6.45, 7) is 2.73. The van der Waals surface area contributed by atoms with Crippen molar-refractivity contribution in [2.45, 2.75) is 18.9 Å². The lowest BCUT2D eigenvalue weighted by Gasteiger charge is -2.17. The molecule has 1 N–H and O–H groups in total. The number of carbonyl (C=O) groups excluding carboxylic acids is 1. The highest BCUT2D eigenvalue weighted by molar-refractivity contribution is 9.10. The van der Waals surface area contributed by atoms with E-state index in [4.69, 9.17) is 4.42 Å². The number of hydrogen-bond donors (Lipinski definition) is 1. The van der Waals surface area contributed by atoms with Crippen LogP contribution in [0.4, 0.5) is 0 Å². The first kappa shape index (κ1) is 12.4. The third-order valence-electron chi connectivity index (χ3n) is 2.75. The highest BCUT2D eigenvalue weighted by atomic mass is 79.9. The Morgan fingerprint density at radius 1 is 1.65 bits per heavy atom. The summed E-state index contributed by atoms with van der Waals surface area (Å²) in [5, 5.41) is 9.76. The fourth-order valence-corrected chi connectivity index (χ4v) is 2.13. The van der Waals surface area contributed by atoms with Gasteiger partial charge in [-0.25, -0.2) is 0 Å². The molecule has 0 aromatic carbocycles. The van der Waals surface area contributed by atoms with E-state index < -0.39 is 5.60 Å². The van der Waals surface area contributed by atoms with E-state index >= 15 is 0 Å². The predicted molar refractivity (Wildman–Crippen MR) is 67.3 cm³/mol. The van der Waals surface area contributed by atoms with Gasteiger partial charge >= 0.3 is 0 Å². The molecule has 0 spiro atoms. The molecule has 1 saturated heterocycles. The van der Waals surface area contributed by atoms with E-state index in [0.29, 0.717) is 29.9 Å². The fourth-order valence-electron chi connectivity index (χ4n) is 1.81. The Hall–Kier alpha value is -1.07. The van der Waals surface area contributed by atoms with Crippen LogP contribution in [0.15, 0.2) is 27.3 Å². The Morgan fingerprint density at radius 3 is 2.94 bits per heavy atom. The van der Waals surface area contributed by atoms with Crippen molar-refractivity contribution in [3.05, 3.63) is 28.6 Å². The fraction of sp³-hybridized carbons (Fsp3) is 0.417. The van der Waals surface area contributed by atoms with Crippen LogP contribution in [0.25, 0.3) is 6.08 Å². The van der Waals surface area contributed by atoms with Crippen LogP contribution in [0.3, 0.4) is 0 Å². The van der Waals surface area contributed by atoms with Crippen molar-refractivity contribution in [3.63, 3.8) is 0 Å². The molecule has 1 aliphatic rings. The largest absolute Gasteiger partial charge is 0.450 e. The molecule has 1 fully saturated rings. The van der Waals surface area contributed by atoms with Crippen LogP contribution in [0, 0.1) is 0 Å². The monoisotopic (exact) mass is 299 g/mol. The van der Waals surface area contributed by atoms with Gasteiger partial charge in [-0.15, -0.1) is 0 Å². The Balaban J connectivity index is 1.96. The minimum absolute atomic E-state index is 0.102. The standard InChI is InChI=1S/C12H14BrNO3/c1-12(16)6-7-14(8-12)11(15)5-3-9-2-4-10(13)17-9/h2-5,16H,6-8H2,1H3/b5-3+. The Morgan fingerprint density at radius 2 is 2.41 bits per heavy atom. The molecule has 2 heterocycles. The summed E-state index contributed by atoms with van der Waals surface area (Å²) >= 11 is 3.19. The second-order valence-electron chi connectivity index (χ2n) is 4.48. The van der Waals surface area contributed by atoms with Crippen LogP contribution in [-0.2, 0) is 4.79 Å². The lowest BCUT2D eigenvalue weighted by molar-refractivity contribution is -0.125. The van der Waals surface area contributed by atoms with E-state index in [-0.39, 0.29) is 5.91 Å². The van der Waals surface area contributed by atoms with Crippen LogP contribution < -0.4 is 0 Å². The zero-order chi connectivity index (χ0) is 12.5. The molecule has 0 aliphatic carbocycles. The minimum Gasteiger partial charge on any atom is -0.450 e. The number of rotatable bonds is 2. The molecular formula is C12H14BrNO3. The minimum atomic E-state index is -0.753. The van der Waals surface area contributed by atoms with Gasteiger partial charge in [0.05, 0.1) is 5.60 Å². The molecule has 92 valence electrons. The van der Waals surface area contributed by atoms with E-state index in [0.717, 1.165) is 0 Å². The number of β-amino-alcohol motifs (C(OH)–C–C–N with tert-alkyl or cyclic N) is 1. The Kier molecular flexibility index (Phi) is 3.40. The molecule has 1 aromatic rings. The van der Waals surface area contributed by atoms with E-state index in [1.807, 2.05) is 0 Å². The molecule has 17 heavy (non-hydrogen) atoms. The number of hydrogen-bond acceptors (Lipinski definition) is 3. The lowest BCUT2D eigenvalue weighted by atomic mass is 10.1. The number of furan rings is 1. The van der Waals surface area contributed by atoms with Crippen molar-refractivity contribution in [2.24, 2.45) is 0 Å². The SMILES string of the molecule is CC1(O)CCN(C(=O)/C=C/c2ccc(Br)o2)C1. The van der Waals surface area contributed by atoms with Crippen molar-refractivity contribution in [3.8, 4) is 0 Å². The summed E-state index contributed by atoms with van der Waals surface area (Å²) in [5.41, 5.74) is -0.753. The molecule has 4 nitrogen and oxygen atoms in total. The first-order valence-electron chi connectivity index (χ1n) is 5.41. The summed E-state index contributed by atoms with van der Waals surface area (Å²) in [5.74, 6) is 0.520. The summed E-state index contributed by atoms with van der Waals surface area (Å²) in [6.07, 6.45) is 3.71. The average Bonchev–Trinajstić information content (AvgIpc) is 2.81. The predicted octanol–water partition coefficient (Wildman–Crippen LogP) is 2.04. The highest BCUT2D eigenvalue weighted by Gasteiger charge is 2.32. The summed E-state index contributed by atoms with van der Waals surface area (Å²) in [6, 6.07) is 3.54. The van der Waals surface area contributed by atoms with Gasteiger partial charge in [-0.3, -0.25) is 4.79 Å². The summed E-state index contributed by atoms with van der Waals surface area (Å²) < 4.78 is 5.88. The smallest absolute Gasteiger partial charge is 0.246 e. The Labute approximate surface area is 108 Å². The van der Waals surface area contributed by atoms with Crippen LogP contribution in [0.5, 0.6) is 0 Å². The summed E-state index contributed by atoms with van der Waals surface area (Å²) in [7, 11) is 0. The van der Waals surface area contributed by atoms with E-state index in [9.17, 15) is 9.90 Å². The van der Waals surface area contributed by atoms with Gasteiger partial charge in [0.15, 0.2) is 4.67 Å². The molecule has 0 radical (unpaired) electrons. The number of carbonyl (C=O) groups is 1. The van der Waals surface area contributed by atoms with Crippen molar-refractivity contribution in [1.82, 2.24) is 4.90 Å². The van der Waals surface area contributed by atoms with Gasteiger partial charge in [-0.05, 0) is 47.5 Å². The van der Waals surface area contributed by atoms with Crippen molar-refractivity contribution in [1.29, 1.82) is 0 Å². The van der Waals surface area contributed by atoms with Crippen LogP contribution in [0.2, 0.25) is 0 Å². The number of amides is 1. The van der Waals surface area contributed by atoms with Gasteiger partial charge in [0.25, 0.3) is 0 Å². The van der Waals surface area contributed by atoms with Crippen LogP contribution >= 0.6 is 15.9 Å². The third-order valence-corrected chi connectivity index (χ3v) is 3.17. The number of likely N-dealkylation sites (tertiary alicyclic amines) is 1. The van der Waals surface area contributed by atoms with E-state index in [1.54, 1.807) is 30.0 Å². The average molecular weight is 300 g/mol. The van der Waals surface area contributed by atoms with Gasteiger partial charge in [-0.2, -0.15) is 0 Å². The molecule has 1 aromatic heterocycles. The normalized spacial score (nSPS) is 24.8.